The zero-order valence-electron chi connectivity index (χ0n) is 10.3. The second kappa shape index (κ2) is 6.47. The number of nitrogens with zero attached hydrogens (tertiary/aromatic N) is 2. The van der Waals surface area contributed by atoms with E-state index < -0.39 is 6.10 Å². The molecule has 0 bridgehead atoms. The van der Waals surface area contributed by atoms with Gasteiger partial charge in [-0.05, 0) is 24.5 Å². The molecule has 0 saturated carbocycles. The number of carbonyl (C=O) groups is 1. The van der Waals surface area contributed by atoms with Gasteiger partial charge in [-0.15, -0.1) is 0 Å². The first-order chi connectivity index (χ1) is 8.81. The fourth-order valence-electron chi connectivity index (χ4n) is 2.04. The molecular formula is C13H18N2O3. The normalized spacial score (nSPS) is 20.2. The van der Waals surface area contributed by atoms with E-state index in [1.165, 1.54) is 0 Å². The van der Waals surface area contributed by atoms with Crippen molar-refractivity contribution < 1.29 is 14.6 Å². The first-order valence-corrected chi connectivity index (χ1v) is 6.21. The highest BCUT2D eigenvalue weighted by Crippen LogP contribution is 2.14. The van der Waals surface area contributed by atoms with Gasteiger partial charge in [-0.3, -0.25) is 9.78 Å². The molecule has 5 nitrogen and oxygen atoms in total. The van der Waals surface area contributed by atoms with E-state index in [1.54, 1.807) is 17.3 Å². The Morgan fingerprint density at radius 3 is 3.17 bits per heavy atom. The van der Waals surface area contributed by atoms with Gasteiger partial charge in [0.2, 0.25) is 0 Å². The smallest absolute Gasteiger partial charge is 0.252 e. The van der Waals surface area contributed by atoms with Crippen LogP contribution in [-0.2, 0) is 16.1 Å². The van der Waals surface area contributed by atoms with Crippen LogP contribution in [-0.4, -0.2) is 46.8 Å². The molecule has 1 fully saturated rings. The van der Waals surface area contributed by atoms with Gasteiger partial charge in [0.05, 0.1) is 6.61 Å². The molecule has 1 amide bonds. The molecule has 2 heterocycles. The van der Waals surface area contributed by atoms with Gasteiger partial charge >= 0.3 is 0 Å². The van der Waals surface area contributed by atoms with Crippen molar-refractivity contribution in [1.82, 2.24) is 9.88 Å². The van der Waals surface area contributed by atoms with Gasteiger partial charge in [0.25, 0.3) is 5.91 Å². The number of aliphatic hydroxyl groups is 1. The lowest BCUT2D eigenvalue weighted by Crippen LogP contribution is -2.47. The molecule has 1 N–H and O–H groups in total. The number of aromatic nitrogens is 1. The fraction of sp³-hybridized carbons (Fsp3) is 0.538. The summed E-state index contributed by atoms with van der Waals surface area (Å²) in [6.07, 6.45) is 4.26. The molecule has 1 saturated heterocycles. The second-order valence-electron chi connectivity index (χ2n) is 4.35. The summed E-state index contributed by atoms with van der Waals surface area (Å²) in [7, 11) is 0. The molecule has 0 aromatic carbocycles. The van der Waals surface area contributed by atoms with Crippen LogP contribution in [0.5, 0.6) is 0 Å². The van der Waals surface area contributed by atoms with Crippen LogP contribution in [0.2, 0.25) is 0 Å². The predicted octanol–water partition coefficient (Wildman–Crippen LogP) is 0.581. The molecule has 1 aliphatic heterocycles. The Labute approximate surface area is 106 Å². The van der Waals surface area contributed by atoms with E-state index in [2.05, 4.69) is 4.98 Å². The summed E-state index contributed by atoms with van der Waals surface area (Å²) in [6.45, 7) is 1.84. The number of ether oxygens (including phenoxy) is 1. The van der Waals surface area contributed by atoms with Gasteiger partial charge in [0, 0.05) is 32.1 Å². The first-order valence-electron chi connectivity index (χ1n) is 6.21. The molecule has 2 rings (SSSR count). The molecule has 0 radical (unpaired) electrons. The standard InChI is InChI=1S/C13H18N2O3/c16-7-2-4-12-13(17)15(6-8-18-12)10-11-3-1-5-14-9-11/h1,3,5,9,12,16H,2,4,6-8,10H2. The van der Waals surface area contributed by atoms with E-state index in [0.29, 0.717) is 32.5 Å². The van der Waals surface area contributed by atoms with Crippen LogP contribution >= 0.6 is 0 Å². The minimum Gasteiger partial charge on any atom is -0.396 e. The Kier molecular flexibility index (Phi) is 4.66. The maximum absolute atomic E-state index is 12.1. The Morgan fingerprint density at radius 2 is 2.44 bits per heavy atom. The van der Waals surface area contributed by atoms with Crippen molar-refractivity contribution in [2.45, 2.75) is 25.5 Å². The Bertz CT molecular complexity index is 383. The van der Waals surface area contributed by atoms with Crippen LogP contribution in [0.15, 0.2) is 24.5 Å². The molecule has 0 aliphatic carbocycles. The van der Waals surface area contributed by atoms with Crippen molar-refractivity contribution in [3.63, 3.8) is 0 Å². The summed E-state index contributed by atoms with van der Waals surface area (Å²) in [5, 5.41) is 8.80. The highest BCUT2D eigenvalue weighted by Gasteiger charge is 2.28. The van der Waals surface area contributed by atoms with Crippen molar-refractivity contribution in [3.8, 4) is 0 Å². The van der Waals surface area contributed by atoms with Crippen LogP contribution in [0, 0.1) is 0 Å². The van der Waals surface area contributed by atoms with Crippen LogP contribution < -0.4 is 0 Å². The van der Waals surface area contributed by atoms with Gasteiger partial charge in [-0.2, -0.15) is 0 Å². The zero-order valence-corrected chi connectivity index (χ0v) is 10.3. The number of amides is 1. The number of hydrogen-bond donors (Lipinski definition) is 1. The number of morpholine rings is 1. The van der Waals surface area contributed by atoms with E-state index in [1.807, 2.05) is 12.1 Å². The predicted molar refractivity (Wildman–Crippen MR) is 65.7 cm³/mol. The highest BCUT2D eigenvalue weighted by molar-refractivity contribution is 5.81. The average Bonchev–Trinajstić information content (AvgIpc) is 2.41. The number of pyridine rings is 1. The van der Waals surface area contributed by atoms with Crippen LogP contribution in [0.25, 0.3) is 0 Å². The molecule has 1 aromatic heterocycles. The van der Waals surface area contributed by atoms with Gasteiger partial charge in [0.1, 0.15) is 6.10 Å². The minimum absolute atomic E-state index is 0.0125. The van der Waals surface area contributed by atoms with Crippen LogP contribution in [0.4, 0.5) is 0 Å². The topological polar surface area (TPSA) is 62.7 Å². The lowest BCUT2D eigenvalue weighted by atomic mass is 10.1. The Balaban J connectivity index is 1.94. The molecule has 18 heavy (non-hydrogen) atoms. The van der Waals surface area contributed by atoms with E-state index >= 15 is 0 Å². The molecule has 5 heteroatoms. The molecular weight excluding hydrogens is 232 g/mol. The lowest BCUT2D eigenvalue weighted by Gasteiger charge is -2.32. The minimum atomic E-state index is -0.400. The fourth-order valence-corrected chi connectivity index (χ4v) is 2.04. The molecule has 1 unspecified atom stereocenters. The average molecular weight is 250 g/mol. The first kappa shape index (κ1) is 13.0. The second-order valence-corrected chi connectivity index (χ2v) is 4.35. The Morgan fingerprint density at radius 1 is 1.56 bits per heavy atom. The van der Waals surface area contributed by atoms with E-state index in [9.17, 15) is 4.79 Å². The van der Waals surface area contributed by atoms with E-state index in [0.717, 1.165) is 5.56 Å². The lowest BCUT2D eigenvalue weighted by molar-refractivity contribution is -0.154. The summed E-state index contributed by atoms with van der Waals surface area (Å²) in [4.78, 5) is 18.0. The third kappa shape index (κ3) is 3.27. The van der Waals surface area contributed by atoms with Gasteiger partial charge in [-0.25, -0.2) is 0 Å². The highest BCUT2D eigenvalue weighted by atomic mass is 16.5. The van der Waals surface area contributed by atoms with E-state index in [-0.39, 0.29) is 12.5 Å². The molecule has 98 valence electrons. The van der Waals surface area contributed by atoms with Crippen molar-refractivity contribution >= 4 is 5.91 Å². The van der Waals surface area contributed by atoms with Crippen LogP contribution in [0.3, 0.4) is 0 Å². The number of aliphatic hydroxyl groups excluding tert-OH is 1. The number of carbonyl (C=O) groups excluding carboxylic acids is 1. The summed E-state index contributed by atoms with van der Waals surface area (Å²) in [6, 6.07) is 3.82. The third-order valence-electron chi connectivity index (χ3n) is 2.99. The number of rotatable bonds is 5. The van der Waals surface area contributed by atoms with Gasteiger partial charge in [-0.1, -0.05) is 6.07 Å². The van der Waals surface area contributed by atoms with Crippen molar-refractivity contribution in [1.29, 1.82) is 0 Å². The largest absolute Gasteiger partial charge is 0.396 e. The van der Waals surface area contributed by atoms with Crippen LogP contribution in [0.1, 0.15) is 18.4 Å². The summed E-state index contributed by atoms with van der Waals surface area (Å²) >= 11 is 0. The SMILES string of the molecule is O=C1C(CCCO)OCCN1Cc1cccnc1. The van der Waals surface area contributed by atoms with Crippen molar-refractivity contribution in [2.75, 3.05) is 19.8 Å². The van der Waals surface area contributed by atoms with Crippen molar-refractivity contribution in [2.24, 2.45) is 0 Å². The molecule has 0 spiro atoms. The Hall–Kier alpha value is -1.46. The maximum atomic E-state index is 12.1. The zero-order chi connectivity index (χ0) is 12.8. The van der Waals surface area contributed by atoms with Gasteiger partial charge in [0.15, 0.2) is 0 Å². The summed E-state index contributed by atoms with van der Waals surface area (Å²) in [5.41, 5.74) is 1.02. The molecule has 1 aromatic rings. The monoisotopic (exact) mass is 250 g/mol. The quantitative estimate of drug-likeness (QED) is 0.830. The van der Waals surface area contributed by atoms with E-state index in [4.69, 9.17) is 9.84 Å². The summed E-state index contributed by atoms with van der Waals surface area (Å²) in [5.74, 6) is 0.0125. The summed E-state index contributed by atoms with van der Waals surface area (Å²) < 4.78 is 5.44. The van der Waals surface area contributed by atoms with Crippen molar-refractivity contribution in [3.05, 3.63) is 30.1 Å². The number of hydrogen-bond acceptors (Lipinski definition) is 4. The molecule has 1 aliphatic rings. The molecule has 1 atom stereocenters. The maximum Gasteiger partial charge on any atom is 0.252 e. The third-order valence-corrected chi connectivity index (χ3v) is 2.99. The van der Waals surface area contributed by atoms with Gasteiger partial charge < -0.3 is 14.7 Å².